The summed E-state index contributed by atoms with van der Waals surface area (Å²) < 4.78 is 0.784. The van der Waals surface area contributed by atoms with Gasteiger partial charge >= 0.3 is 0 Å². The van der Waals surface area contributed by atoms with Crippen LogP contribution in [0.3, 0.4) is 0 Å². The lowest BCUT2D eigenvalue weighted by atomic mass is 10.1. The van der Waals surface area contributed by atoms with Gasteiger partial charge in [0.1, 0.15) is 0 Å². The van der Waals surface area contributed by atoms with Gasteiger partial charge < -0.3 is 5.32 Å². The summed E-state index contributed by atoms with van der Waals surface area (Å²) in [5.74, 6) is -0.151. The van der Waals surface area contributed by atoms with Crippen molar-refractivity contribution in [2.75, 3.05) is 5.32 Å². The Morgan fingerprint density at radius 3 is 2.60 bits per heavy atom. The maximum atomic E-state index is 12.3. The van der Waals surface area contributed by atoms with E-state index in [0.29, 0.717) is 5.56 Å². The van der Waals surface area contributed by atoms with Crippen molar-refractivity contribution in [3.05, 3.63) is 63.6 Å². The van der Waals surface area contributed by atoms with Gasteiger partial charge in [0.25, 0.3) is 5.91 Å². The van der Waals surface area contributed by atoms with Crippen LogP contribution in [0.2, 0.25) is 0 Å². The molecular weight excluding hydrogens is 338 g/mol. The number of nitrogens with one attached hydrogen (secondary N) is 1. The molecule has 0 aliphatic carbocycles. The lowest BCUT2D eigenvalue weighted by Gasteiger charge is -2.13. The normalized spacial score (nSPS) is 12.0. The Balaban J connectivity index is 2.28. The molecule has 4 heteroatoms. The minimum Gasteiger partial charge on any atom is -0.322 e. The van der Waals surface area contributed by atoms with Gasteiger partial charge in [0.2, 0.25) is 0 Å². The summed E-state index contributed by atoms with van der Waals surface area (Å²) in [5, 5.41) is 2.76. The molecule has 2 aromatic rings. The van der Waals surface area contributed by atoms with E-state index in [1.165, 1.54) is 0 Å². The molecule has 2 aromatic carbocycles. The van der Waals surface area contributed by atoms with Crippen LogP contribution in [-0.4, -0.2) is 5.91 Å². The number of carbonyl (C=O) groups is 1. The first-order valence-electron chi connectivity index (χ1n) is 6.29. The van der Waals surface area contributed by atoms with Crippen LogP contribution in [0.4, 0.5) is 5.69 Å². The van der Waals surface area contributed by atoms with Crippen molar-refractivity contribution in [2.24, 2.45) is 0 Å². The Bertz CT molecular complexity index is 640. The topological polar surface area (TPSA) is 29.1 Å². The van der Waals surface area contributed by atoms with E-state index in [1.54, 1.807) is 0 Å². The molecule has 1 N–H and O–H groups in total. The summed E-state index contributed by atoms with van der Waals surface area (Å²) in [7, 11) is 0. The number of rotatable bonds is 3. The summed E-state index contributed by atoms with van der Waals surface area (Å²) in [4.78, 5) is 12.3. The Morgan fingerprint density at radius 1 is 1.25 bits per heavy atom. The van der Waals surface area contributed by atoms with Crippen LogP contribution in [-0.2, 0) is 0 Å². The van der Waals surface area contributed by atoms with Crippen LogP contribution in [0.1, 0.15) is 33.8 Å². The van der Waals surface area contributed by atoms with Gasteiger partial charge in [0, 0.05) is 10.2 Å². The zero-order chi connectivity index (χ0) is 14.7. The molecule has 20 heavy (non-hydrogen) atoms. The molecule has 0 aliphatic heterocycles. The van der Waals surface area contributed by atoms with Crippen LogP contribution in [0.5, 0.6) is 0 Å². The van der Waals surface area contributed by atoms with E-state index in [0.717, 1.165) is 21.3 Å². The smallest absolute Gasteiger partial charge is 0.256 e. The number of hydrogen-bond acceptors (Lipinski definition) is 1. The molecule has 104 valence electrons. The molecule has 0 saturated heterocycles. The summed E-state index contributed by atoms with van der Waals surface area (Å²) in [6, 6.07) is 13.2. The van der Waals surface area contributed by atoms with Crippen LogP contribution in [0.15, 0.2) is 46.9 Å². The summed E-state index contributed by atoms with van der Waals surface area (Å²) in [6.07, 6.45) is 0. The molecule has 0 saturated carbocycles. The van der Waals surface area contributed by atoms with Crippen molar-refractivity contribution >= 4 is 39.1 Å². The molecule has 1 atom stereocenters. The van der Waals surface area contributed by atoms with E-state index in [1.807, 2.05) is 56.3 Å². The highest BCUT2D eigenvalue weighted by molar-refractivity contribution is 9.10. The summed E-state index contributed by atoms with van der Waals surface area (Å²) in [5.41, 5.74) is 3.36. The number of hydrogen-bond donors (Lipinski definition) is 1. The van der Waals surface area contributed by atoms with E-state index in [2.05, 4.69) is 21.2 Å². The lowest BCUT2D eigenvalue weighted by molar-refractivity contribution is 0.102. The molecular formula is C16H15BrClNO. The molecule has 0 aromatic heterocycles. The molecule has 1 amide bonds. The second-order valence-corrected chi connectivity index (χ2v) is 6.15. The van der Waals surface area contributed by atoms with Crippen LogP contribution in [0.25, 0.3) is 0 Å². The second-order valence-electron chi connectivity index (χ2n) is 4.64. The van der Waals surface area contributed by atoms with Crippen molar-refractivity contribution in [2.45, 2.75) is 19.2 Å². The Hall–Kier alpha value is -1.32. The lowest BCUT2D eigenvalue weighted by Crippen LogP contribution is -2.14. The molecule has 1 unspecified atom stereocenters. The maximum absolute atomic E-state index is 12.3. The number of amides is 1. The molecule has 0 radical (unpaired) electrons. The summed E-state index contributed by atoms with van der Waals surface area (Å²) in [6.45, 7) is 3.87. The largest absolute Gasteiger partial charge is 0.322 e. The molecule has 2 nitrogen and oxygen atoms in total. The SMILES string of the molecule is Cc1ccc(C(=O)Nc2ccccc2C(C)Cl)c(Br)c1. The van der Waals surface area contributed by atoms with Gasteiger partial charge in [0.05, 0.1) is 10.9 Å². The third-order valence-corrected chi connectivity index (χ3v) is 3.90. The van der Waals surface area contributed by atoms with Gasteiger partial charge in [-0.3, -0.25) is 4.79 Å². The number of halogens is 2. The third kappa shape index (κ3) is 3.41. The number of benzene rings is 2. The number of aryl methyl sites for hydroxylation is 1. The maximum Gasteiger partial charge on any atom is 0.256 e. The quantitative estimate of drug-likeness (QED) is 0.745. The standard InChI is InChI=1S/C16H15BrClNO/c1-10-7-8-13(14(17)9-10)16(20)19-15-6-4-3-5-12(15)11(2)18/h3-9,11H,1-2H3,(H,19,20). The molecule has 0 bridgehead atoms. The van der Waals surface area contributed by atoms with Gasteiger partial charge in [0.15, 0.2) is 0 Å². The monoisotopic (exact) mass is 351 g/mol. The highest BCUT2D eigenvalue weighted by atomic mass is 79.9. The van der Waals surface area contributed by atoms with Crippen molar-refractivity contribution in [1.82, 2.24) is 0 Å². The first kappa shape index (κ1) is 15.1. The fraction of sp³-hybridized carbons (Fsp3) is 0.188. The number of alkyl halides is 1. The van der Waals surface area contributed by atoms with Crippen molar-refractivity contribution in [3.63, 3.8) is 0 Å². The first-order chi connectivity index (χ1) is 9.49. The van der Waals surface area contributed by atoms with E-state index in [-0.39, 0.29) is 11.3 Å². The third-order valence-electron chi connectivity index (χ3n) is 3.01. The van der Waals surface area contributed by atoms with Gasteiger partial charge in [-0.2, -0.15) is 0 Å². The van der Waals surface area contributed by atoms with Crippen LogP contribution in [0, 0.1) is 6.92 Å². The van der Waals surface area contributed by atoms with Gasteiger partial charge in [-0.05, 0) is 59.1 Å². The van der Waals surface area contributed by atoms with Gasteiger partial charge in [-0.1, -0.05) is 24.3 Å². The minimum absolute atomic E-state index is 0.151. The fourth-order valence-corrected chi connectivity index (χ4v) is 2.82. The fourth-order valence-electron chi connectivity index (χ4n) is 1.95. The van der Waals surface area contributed by atoms with Crippen molar-refractivity contribution < 1.29 is 4.79 Å². The molecule has 0 heterocycles. The zero-order valence-corrected chi connectivity index (χ0v) is 13.6. The Labute approximate surface area is 132 Å². The number of para-hydroxylation sites is 1. The predicted octanol–water partition coefficient (Wildman–Crippen LogP) is 5.31. The number of carbonyl (C=O) groups excluding carboxylic acids is 1. The molecule has 0 spiro atoms. The highest BCUT2D eigenvalue weighted by Gasteiger charge is 2.13. The highest BCUT2D eigenvalue weighted by Crippen LogP contribution is 2.28. The number of anilines is 1. The zero-order valence-electron chi connectivity index (χ0n) is 11.3. The van der Waals surface area contributed by atoms with Crippen molar-refractivity contribution in [3.8, 4) is 0 Å². The molecule has 2 rings (SSSR count). The van der Waals surface area contributed by atoms with E-state index < -0.39 is 0 Å². The van der Waals surface area contributed by atoms with Crippen LogP contribution >= 0.6 is 27.5 Å². The van der Waals surface area contributed by atoms with E-state index in [4.69, 9.17) is 11.6 Å². The first-order valence-corrected chi connectivity index (χ1v) is 7.52. The van der Waals surface area contributed by atoms with Crippen LogP contribution < -0.4 is 5.32 Å². The van der Waals surface area contributed by atoms with E-state index in [9.17, 15) is 4.79 Å². The minimum atomic E-state index is -0.159. The predicted molar refractivity (Wildman–Crippen MR) is 87.5 cm³/mol. The Morgan fingerprint density at radius 2 is 1.95 bits per heavy atom. The van der Waals surface area contributed by atoms with E-state index >= 15 is 0 Å². The second kappa shape index (κ2) is 6.42. The van der Waals surface area contributed by atoms with Gasteiger partial charge in [-0.25, -0.2) is 0 Å². The molecule has 0 fully saturated rings. The molecule has 0 aliphatic rings. The average molecular weight is 353 g/mol. The Kier molecular flexibility index (Phi) is 4.84. The van der Waals surface area contributed by atoms with Crippen molar-refractivity contribution in [1.29, 1.82) is 0 Å². The van der Waals surface area contributed by atoms with Gasteiger partial charge in [-0.15, -0.1) is 11.6 Å². The summed E-state index contributed by atoms with van der Waals surface area (Å²) >= 11 is 9.55. The average Bonchev–Trinajstić information content (AvgIpc) is 2.38.